The van der Waals surface area contributed by atoms with Gasteiger partial charge < -0.3 is 13.4 Å². The summed E-state index contributed by atoms with van der Waals surface area (Å²) in [5, 5.41) is 12.3. The van der Waals surface area contributed by atoms with Gasteiger partial charge in [-0.2, -0.15) is 0 Å². The quantitative estimate of drug-likeness (QED) is 0.180. The van der Waals surface area contributed by atoms with E-state index in [0.717, 1.165) is 110 Å². The van der Waals surface area contributed by atoms with Crippen LogP contribution in [0.4, 0.5) is 0 Å². The fourth-order valence-corrected chi connectivity index (χ4v) is 9.99. The van der Waals surface area contributed by atoms with Crippen molar-refractivity contribution in [2.75, 3.05) is 0 Å². The molecule has 5 heterocycles. The molecule has 0 saturated heterocycles. The molecule has 0 aliphatic carbocycles. The molecule has 6 heteroatoms. The van der Waals surface area contributed by atoms with Gasteiger partial charge in [-0.1, -0.05) is 133 Å². The van der Waals surface area contributed by atoms with E-state index in [1.165, 1.54) is 10.8 Å². The highest BCUT2D eigenvalue weighted by molar-refractivity contribution is 6.37. The average Bonchev–Trinajstić information content (AvgIpc) is 4.07. The third-order valence-electron chi connectivity index (χ3n) is 12.5. The minimum Gasteiger partial charge on any atom is -0.454 e. The zero-order chi connectivity index (χ0) is 39.1. The van der Waals surface area contributed by atoms with Gasteiger partial charge in [-0.05, 0) is 70.1 Å². The molecule has 6 nitrogen and oxygen atoms in total. The molecule has 0 fully saturated rings. The van der Waals surface area contributed by atoms with Gasteiger partial charge >= 0.3 is 0 Å². The Morgan fingerprint density at radius 3 is 1.85 bits per heavy atom. The molecule has 0 aliphatic heterocycles. The van der Waals surface area contributed by atoms with Crippen molar-refractivity contribution in [3.05, 3.63) is 182 Å². The topological polar surface area (TPSA) is 61.9 Å². The SMILES string of the molecule is c1ccc(-n2c3ccccc3c3ccc(-c4nc(-n5c6ccc7ccccc7c6c6c7ccccc7c7c8ccccc8oc7c65)nc5c4oc4ccccc45)cc32)cc1. The smallest absolute Gasteiger partial charge is 0.236 e. The first-order valence-corrected chi connectivity index (χ1v) is 20.2. The standard InChI is InChI=1S/C54H30N4O2/c1-2-15-33(16-3-1)57-41-23-11-8-18-35(41)36-28-26-32(30-43(36)57)49-53-50(40-22-10-13-25-45(40)60-53)56-54(55-49)58-42-29-27-31-14-4-5-17-34(31)47(42)48-38-20-7-6-19-37(38)46-39-21-9-12-24-44(39)59-52(46)51(48)58/h1-30H. The van der Waals surface area contributed by atoms with Crippen LogP contribution in [0.1, 0.15) is 0 Å². The van der Waals surface area contributed by atoms with E-state index in [1.54, 1.807) is 0 Å². The van der Waals surface area contributed by atoms with E-state index in [1.807, 2.05) is 24.3 Å². The molecule has 9 aromatic carbocycles. The number of furan rings is 2. The number of hydrogen-bond donors (Lipinski definition) is 0. The van der Waals surface area contributed by atoms with E-state index in [0.29, 0.717) is 11.5 Å². The van der Waals surface area contributed by atoms with Crippen LogP contribution in [0.3, 0.4) is 0 Å². The molecule has 278 valence electrons. The van der Waals surface area contributed by atoms with Crippen molar-refractivity contribution in [3.63, 3.8) is 0 Å². The fraction of sp³-hybridized carbons (Fsp3) is 0. The molecule has 0 unspecified atom stereocenters. The second kappa shape index (κ2) is 11.7. The van der Waals surface area contributed by atoms with E-state index in [2.05, 4.69) is 167 Å². The molecule has 0 bridgehead atoms. The number of benzene rings is 9. The Hall–Kier alpha value is -8.22. The summed E-state index contributed by atoms with van der Waals surface area (Å²) in [7, 11) is 0. The van der Waals surface area contributed by atoms with E-state index in [4.69, 9.17) is 18.8 Å². The molecule has 14 rings (SSSR count). The Balaban J connectivity index is 1.17. The monoisotopic (exact) mass is 766 g/mol. The van der Waals surface area contributed by atoms with Gasteiger partial charge in [-0.25, -0.2) is 9.97 Å². The molecular formula is C54H30N4O2. The summed E-state index contributed by atoms with van der Waals surface area (Å²) in [5.41, 5.74) is 10.7. The Kier molecular flexibility index (Phi) is 6.20. The maximum atomic E-state index is 6.97. The third-order valence-corrected chi connectivity index (χ3v) is 12.5. The molecule has 0 saturated carbocycles. The molecule has 0 radical (unpaired) electrons. The molecule has 60 heavy (non-hydrogen) atoms. The Morgan fingerprint density at radius 2 is 1.02 bits per heavy atom. The first-order chi connectivity index (χ1) is 29.8. The van der Waals surface area contributed by atoms with Crippen molar-refractivity contribution >= 4 is 109 Å². The normalized spacial score (nSPS) is 12.3. The maximum absolute atomic E-state index is 6.97. The summed E-state index contributed by atoms with van der Waals surface area (Å²) < 4.78 is 18.3. The zero-order valence-corrected chi connectivity index (χ0v) is 31.9. The number of nitrogens with zero attached hydrogens (tertiary/aromatic N) is 4. The van der Waals surface area contributed by atoms with Gasteiger partial charge in [0.05, 0.1) is 16.6 Å². The summed E-state index contributed by atoms with van der Waals surface area (Å²) >= 11 is 0. The van der Waals surface area contributed by atoms with E-state index in [-0.39, 0.29) is 0 Å². The minimum absolute atomic E-state index is 0.542. The van der Waals surface area contributed by atoms with Crippen LogP contribution in [0, 0.1) is 0 Å². The van der Waals surface area contributed by atoms with Crippen molar-refractivity contribution in [1.29, 1.82) is 0 Å². The average molecular weight is 767 g/mol. The van der Waals surface area contributed by atoms with Gasteiger partial charge in [0.2, 0.25) is 5.95 Å². The summed E-state index contributed by atoms with van der Waals surface area (Å²) in [5.74, 6) is 0.542. The highest BCUT2D eigenvalue weighted by atomic mass is 16.3. The summed E-state index contributed by atoms with van der Waals surface area (Å²) in [6, 6.07) is 64.0. The maximum Gasteiger partial charge on any atom is 0.236 e. The summed E-state index contributed by atoms with van der Waals surface area (Å²) in [6.45, 7) is 0. The lowest BCUT2D eigenvalue weighted by Crippen LogP contribution is -2.03. The largest absolute Gasteiger partial charge is 0.454 e. The highest BCUT2D eigenvalue weighted by Gasteiger charge is 2.27. The molecule has 14 aromatic rings. The molecule has 5 aromatic heterocycles. The zero-order valence-electron chi connectivity index (χ0n) is 31.9. The van der Waals surface area contributed by atoms with Crippen molar-refractivity contribution < 1.29 is 8.83 Å². The molecule has 0 amide bonds. The van der Waals surface area contributed by atoms with Gasteiger partial charge in [0.1, 0.15) is 27.9 Å². The highest BCUT2D eigenvalue weighted by Crippen LogP contribution is 2.48. The van der Waals surface area contributed by atoms with Gasteiger partial charge in [0.15, 0.2) is 11.2 Å². The van der Waals surface area contributed by atoms with Gasteiger partial charge in [-0.15, -0.1) is 0 Å². The van der Waals surface area contributed by atoms with Crippen LogP contribution >= 0.6 is 0 Å². The van der Waals surface area contributed by atoms with Crippen LogP contribution in [-0.2, 0) is 0 Å². The molecule has 0 spiro atoms. The number of aromatic nitrogens is 4. The van der Waals surface area contributed by atoms with Crippen molar-refractivity contribution in [3.8, 4) is 22.9 Å². The first-order valence-electron chi connectivity index (χ1n) is 20.2. The van der Waals surface area contributed by atoms with Crippen LogP contribution in [0.25, 0.3) is 132 Å². The third kappa shape index (κ3) is 4.16. The molecule has 0 atom stereocenters. The minimum atomic E-state index is 0.542. The Labute approximate surface area is 340 Å². The molecule has 0 aliphatic rings. The lowest BCUT2D eigenvalue weighted by molar-refractivity contribution is 0.666. The van der Waals surface area contributed by atoms with Crippen LogP contribution in [0.15, 0.2) is 191 Å². The number of hydrogen-bond acceptors (Lipinski definition) is 4. The predicted molar refractivity (Wildman–Crippen MR) is 246 cm³/mol. The Morgan fingerprint density at radius 1 is 0.383 bits per heavy atom. The lowest BCUT2D eigenvalue weighted by Gasteiger charge is -2.11. The molecular weight excluding hydrogens is 737 g/mol. The van der Waals surface area contributed by atoms with Crippen LogP contribution in [0.5, 0.6) is 0 Å². The number of fused-ring (bicyclic) bond motifs is 18. The predicted octanol–water partition coefficient (Wildman–Crippen LogP) is 14.4. The van der Waals surface area contributed by atoms with Gasteiger partial charge in [0.25, 0.3) is 0 Å². The first kappa shape index (κ1) is 31.8. The number of para-hydroxylation sites is 4. The van der Waals surface area contributed by atoms with Gasteiger partial charge in [-0.3, -0.25) is 4.57 Å². The number of rotatable bonds is 3. The van der Waals surface area contributed by atoms with Gasteiger partial charge in [0, 0.05) is 49.0 Å². The van der Waals surface area contributed by atoms with Crippen molar-refractivity contribution in [2.45, 2.75) is 0 Å². The Bertz CT molecular complexity index is 4130. The second-order valence-electron chi connectivity index (χ2n) is 15.7. The van der Waals surface area contributed by atoms with Crippen molar-refractivity contribution in [1.82, 2.24) is 19.1 Å². The second-order valence-corrected chi connectivity index (χ2v) is 15.7. The van der Waals surface area contributed by atoms with Crippen molar-refractivity contribution in [2.24, 2.45) is 0 Å². The summed E-state index contributed by atoms with van der Waals surface area (Å²) in [6.07, 6.45) is 0. The van der Waals surface area contributed by atoms with Crippen LogP contribution in [0.2, 0.25) is 0 Å². The fourth-order valence-electron chi connectivity index (χ4n) is 9.99. The summed E-state index contributed by atoms with van der Waals surface area (Å²) in [4.78, 5) is 11.1. The van der Waals surface area contributed by atoms with E-state index >= 15 is 0 Å². The molecule has 0 N–H and O–H groups in total. The van der Waals surface area contributed by atoms with Crippen LogP contribution in [-0.4, -0.2) is 19.1 Å². The van der Waals surface area contributed by atoms with Crippen LogP contribution < -0.4 is 0 Å². The van der Waals surface area contributed by atoms with E-state index in [9.17, 15) is 0 Å². The lowest BCUT2D eigenvalue weighted by atomic mass is 9.97. The van der Waals surface area contributed by atoms with E-state index < -0.39 is 0 Å².